The lowest BCUT2D eigenvalue weighted by Crippen LogP contribution is -2.40. The molecule has 1 unspecified atom stereocenters. The third kappa shape index (κ3) is 3.80. The number of hydrogen-bond donors (Lipinski definition) is 2. The molecule has 32 heavy (non-hydrogen) atoms. The average molecular weight is 456 g/mol. The van der Waals surface area contributed by atoms with E-state index >= 15 is 0 Å². The molecule has 2 aromatic carbocycles. The van der Waals surface area contributed by atoms with Gasteiger partial charge in [0.25, 0.3) is 0 Å². The van der Waals surface area contributed by atoms with Gasteiger partial charge in [0, 0.05) is 12.6 Å². The van der Waals surface area contributed by atoms with E-state index < -0.39 is 16.8 Å². The van der Waals surface area contributed by atoms with Crippen molar-refractivity contribution in [3.05, 3.63) is 42.0 Å². The third-order valence-corrected chi connectivity index (χ3v) is 8.00. The summed E-state index contributed by atoms with van der Waals surface area (Å²) in [7, 11) is 1.56. The Labute approximate surface area is 191 Å². The van der Waals surface area contributed by atoms with E-state index in [9.17, 15) is 9.35 Å². The normalized spacial score (nSPS) is 19.9. The van der Waals surface area contributed by atoms with Crippen molar-refractivity contribution >= 4 is 28.6 Å². The van der Waals surface area contributed by atoms with Crippen LogP contribution in [0.25, 0.3) is 0 Å². The molecule has 1 spiro atoms. The highest BCUT2D eigenvalue weighted by Gasteiger charge is 2.52. The Morgan fingerprint density at radius 3 is 2.66 bits per heavy atom. The van der Waals surface area contributed by atoms with E-state index in [1.165, 1.54) is 12.8 Å². The molecular formula is C24H29N3O4S. The molecule has 3 aliphatic rings. The molecule has 7 nitrogen and oxygen atoms in total. The molecule has 1 amide bonds. The standard InChI is InChI=1S/C24H29N3O4S/c1-30-19-7-2-3-8-21(19)32(29)26-17-15-18-22(25-23(28)24(18)9-6-10-24)20(16-17)31-14-13-27-11-4-5-12-27/h2-3,7-8,15-16,26H,4-6,9-14H2,1H3,(H,25,28). The van der Waals surface area contributed by atoms with Gasteiger partial charge in [0.1, 0.15) is 23.7 Å². The average Bonchev–Trinajstić information content (AvgIpc) is 3.38. The van der Waals surface area contributed by atoms with Gasteiger partial charge in [0.2, 0.25) is 10.8 Å². The Morgan fingerprint density at radius 2 is 1.94 bits per heavy atom. The molecule has 2 aromatic rings. The van der Waals surface area contributed by atoms with Crippen LogP contribution in [-0.2, 0) is 21.6 Å². The molecule has 0 bridgehead atoms. The van der Waals surface area contributed by atoms with E-state index in [1.807, 2.05) is 24.3 Å². The second kappa shape index (κ2) is 8.84. The number of nitrogens with zero attached hydrogens (tertiary/aromatic N) is 1. The second-order valence-corrected chi connectivity index (χ2v) is 9.89. The van der Waals surface area contributed by atoms with Gasteiger partial charge in [0.05, 0.1) is 23.9 Å². The van der Waals surface area contributed by atoms with Gasteiger partial charge in [-0.2, -0.15) is 0 Å². The maximum Gasteiger partial charge on any atom is 0.235 e. The summed E-state index contributed by atoms with van der Waals surface area (Å²) in [5, 5.41) is 3.07. The minimum atomic E-state index is -1.52. The highest BCUT2D eigenvalue weighted by atomic mass is 32.2. The van der Waals surface area contributed by atoms with Crippen molar-refractivity contribution in [3.63, 3.8) is 0 Å². The minimum Gasteiger partial charge on any atom is -0.588 e. The van der Waals surface area contributed by atoms with Crippen molar-refractivity contribution in [2.24, 2.45) is 0 Å². The summed E-state index contributed by atoms with van der Waals surface area (Å²) in [6.07, 6.45) is 5.17. The first kappa shape index (κ1) is 21.4. The quantitative estimate of drug-likeness (QED) is 0.591. The molecule has 1 aliphatic carbocycles. The number of ether oxygens (including phenoxy) is 2. The van der Waals surface area contributed by atoms with E-state index in [0.717, 1.165) is 50.1 Å². The highest BCUT2D eigenvalue weighted by Crippen LogP contribution is 2.54. The Bertz CT molecular complexity index is 1000. The van der Waals surface area contributed by atoms with E-state index in [4.69, 9.17) is 9.47 Å². The number of amides is 1. The molecule has 2 aliphatic heterocycles. The first-order valence-corrected chi connectivity index (χ1v) is 12.4. The van der Waals surface area contributed by atoms with E-state index in [0.29, 0.717) is 28.7 Å². The van der Waals surface area contributed by atoms with Crippen LogP contribution in [-0.4, -0.2) is 48.7 Å². The van der Waals surface area contributed by atoms with Crippen LogP contribution >= 0.6 is 0 Å². The fourth-order valence-electron chi connectivity index (χ4n) is 4.90. The van der Waals surface area contributed by atoms with Crippen molar-refractivity contribution in [2.45, 2.75) is 42.4 Å². The lowest BCUT2D eigenvalue weighted by molar-refractivity contribution is -0.123. The van der Waals surface area contributed by atoms with Crippen LogP contribution in [0.4, 0.5) is 11.4 Å². The van der Waals surface area contributed by atoms with Crippen LogP contribution in [0.5, 0.6) is 11.5 Å². The van der Waals surface area contributed by atoms with E-state index in [1.54, 1.807) is 19.2 Å². The molecular weight excluding hydrogens is 426 g/mol. The number of rotatable bonds is 8. The first-order valence-electron chi connectivity index (χ1n) is 11.3. The smallest absolute Gasteiger partial charge is 0.235 e. The molecule has 2 heterocycles. The first-order chi connectivity index (χ1) is 15.6. The third-order valence-electron chi connectivity index (χ3n) is 6.84. The lowest BCUT2D eigenvalue weighted by Gasteiger charge is -2.36. The van der Waals surface area contributed by atoms with Gasteiger partial charge in [-0.05, 0) is 62.5 Å². The molecule has 0 radical (unpaired) electrons. The van der Waals surface area contributed by atoms with Gasteiger partial charge in [-0.1, -0.05) is 18.6 Å². The summed E-state index contributed by atoms with van der Waals surface area (Å²) >= 11 is -1.52. The van der Waals surface area contributed by atoms with Gasteiger partial charge < -0.3 is 19.3 Å². The van der Waals surface area contributed by atoms with Crippen LogP contribution in [0.15, 0.2) is 41.3 Å². The van der Waals surface area contributed by atoms with Gasteiger partial charge in [-0.25, -0.2) is 4.72 Å². The zero-order valence-electron chi connectivity index (χ0n) is 18.3. The maximum absolute atomic E-state index is 13.1. The molecule has 1 atom stereocenters. The molecule has 1 saturated heterocycles. The van der Waals surface area contributed by atoms with Crippen molar-refractivity contribution in [1.29, 1.82) is 0 Å². The fraction of sp³-hybridized carbons (Fsp3) is 0.458. The Hall–Kier alpha value is -2.42. The predicted octanol–water partition coefficient (Wildman–Crippen LogP) is 3.68. The molecule has 0 aromatic heterocycles. The van der Waals surface area contributed by atoms with E-state index in [2.05, 4.69) is 14.9 Å². The van der Waals surface area contributed by atoms with Gasteiger partial charge in [0.15, 0.2) is 5.75 Å². The monoisotopic (exact) mass is 455 g/mol. The largest absolute Gasteiger partial charge is 0.588 e. The van der Waals surface area contributed by atoms with Crippen molar-refractivity contribution in [2.75, 3.05) is 43.4 Å². The molecule has 2 fully saturated rings. The molecule has 8 heteroatoms. The molecule has 5 rings (SSSR count). The Kier molecular flexibility index (Phi) is 5.92. The number of likely N-dealkylation sites (tertiary alicyclic amines) is 1. The number of hydrogen-bond acceptors (Lipinski definition) is 6. The number of carbonyl (C=O) groups is 1. The van der Waals surface area contributed by atoms with Crippen LogP contribution in [0.2, 0.25) is 0 Å². The summed E-state index contributed by atoms with van der Waals surface area (Å²) < 4.78 is 27.7. The van der Waals surface area contributed by atoms with Crippen molar-refractivity contribution < 1.29 is 18.8 Å². The summed E-state index contributed by atoms with van der Waals surface area (Å²) in [6.45, 7) is 3.63. The summed E-state index contributed by atoms with van der Waals surface area (Å²) in [6, 6.07) is 11.0. The second-order valence-electron chi connectivity index (χ2n) is 8.71. The fourth-order valence-corrected chi connectivity index (χ4v) is 5.88. The van der Waals surface area contributed by atoms with Crippen LogP contribution in [0.3, 0.4) is 0 Å². The highest BCUT2D eigenvalue weighted by molar-refractivity contribution is 7.92. The van der Waals surface area contributed by atoms with Gasteiger partial charge in [-0.3, -0.25) is 9.69 Å². The molecule has 2 N–H and O–H groups in total. The van der Waals surface area contributed by atoms with Crippen molar-refractivity contribution in [1.82, 2.24) is 4.90 Å². The number of carbonyl (C=O) groups excluding carboxylic acids is 1. The van der Waals surface area contributed by atoms with Crippen molar-refractivity contribution in [3.8, 4) is 11.5 Å². The zero-order valence-corrected chi connectivity index (χ0v) is 19.1. The number of benzene rings is 2. The predicted molar refractivity (Wildman–Crippen MR) is 125 cm³/mol. The molecule has 170 valence electrons. The number of fused-ring (bicyclic) bond motifs is 2. The van der Waals surface area contributed by atoms with Gasteiger partial charge >= 0.3 is 0 Å². The van der Waals surface area contributed by atoms with Gasteiger partial charge in [-0.15, -0.1) is 0 Å². The molecule has 1 saturated carbocycles. The lowest BCUT2D eigenvalue weighted by atomic mass is 9.65. The van der Waals surface area contributed by atoms with Crippen LogP contribution < -0.4 is 19.5 Å². The Morgan fingerprint density at radius 1 is 1.16 bits per heavy atom. The zero-order chi connectivity index (χ0) is 22.1. The number of anilines is 2. The summed E-state index contributed by atoms with van der Waals surface area (Å²) in [5.74, 6) is 1.25. The van der Waals surface area contributed by atoms with Crippen LogP contribution in [0, 0.1) is 0 Å². The summed E-state index contributed by atoms with van der Waals surface area (Å²) in [5.41, 5.74) is 1.91. The summed E-state index contributed by atoms with van der Waals surface area (Å²) in [4.78, 5) is 15.8. The topological polar surface area (TPSA) is 85.9 Å². The minimum absolute atomic E-state index is 0.0474. The maximum atomic E-state index is 13.1. The van der Waals surface area contributed by atoms with E-state index in [-0.39, 0.29) is 5.91 Å². The Balaban J connectivity index is 1.41. The number of methoxy groups -OCH3 is 1. The SMILES string of the molecule is COc1ccccc1[S+]([O-])Nc1cc(OCCN2CCCC2)c2c(c1)C1(CCC1)C(=O)N2. The number of nitrogens with one attached hydrogen (secondary N) is 2. The number of para-hydroxylation sites is 1. The van der Waals surface area contributed by atoms with Crippen LogP contribution in [0.1, 0.15) is 37.7 Å².